The molecule has 1 heterocycles. The van der Waals surface area contributed by atoms with Crippen LogP contribution in [-0.2, 0) is 0 Å². The zero-order chi connectivity index (χ0) is 21.3. The summed E-state index contributed by atoms with van der Waals surface area (Å²) >= 11 is 12.3. The average molecular weight is 437 g/mol. The van der Waals surface area contributed by atoms with E-state index in [1.165, 1.54) is 6.07 Å². The van der Waals surface area contributed by atoms with Crippen molar-refractivity contribution in [3.63, 3.8) is 0 Å². The molecule has 3 aromatic carbocycles. The van der Waals surface area contributed by atoms with Crippen LogP contribution < -0.4 is 4.74 Å². The molecule has 4 aromatic rings. The molecule has 0 spiro atoms. The van der Waals surface area contributed by atoms with Crippen LogP contribution >= 0.6 is 23.2 Å². The molecule has 5 nitrogen and oxygen atoms in total. The molecule has 2 N–H and O–H groups in total. The number of aromatic carboxylic acids is 1. The maximum atomic E-state index is 11.3. The van der Waals surface area contributed by atoms with E-state index >= 15 is 0 Å². The third-order valence-electron chi connectivity index (χ3n) is 4.37. The topological polar surface area (TPSA) is 75.2 Å². The first-order valence-electron chi connectivity index (χ1n) is 8.88. The van der Waals surface area contributed by atoms with E-state index in [1.807, 2.05) is 12.1 Å². The number of aryl methyl sites for hydroxylation is 1. The summed E-state index contributed by atoms with van der Waals surface area (Å²) in [5, 5.41) is 10.3. The molecule has 0 fully saturated rings. The van der Waals surface area contributed by atoms with Gasteiger partial charge in [0.1, 0.15) is 5.75 Å². The van der Waals surface area contributed by atoms with E-state index in [9.17, 15) is 9.90 Å². The number of benzene rings is 3. The van der Waals surface area contributed by atoms with Crippen LogP contribution in [0.4, 0.5) is 0 Å². The second kappa shape index (κ2) is 8.11. The zero-order valence-corrected chi connectivity index (χ0v) is 17.2. The number of halogens is 2. The van der Waals surface area contributed by atoms with Crippen molar-refractivity contribution in [2.45, 2.75) is 6.92 Å². The number of fused-ring (bicyclic) bond motifs is 1. The average Bonchev–Trinajstić information content (AvgIpc) is 3.08. The number of aromatic amines is 1. The minimum atomic E-state index is -1.02. The number of rotatable bonds is 3. The van der Waals surface area contributed by atoms with Gasteiger partial charge >= 0.3 is 5.97 Å². The molecular weight excluding hydrogens is 423 g/mol. The Kier molecular flexibility index (Phi) is 5.37. The molecule has 0 aliphatic carbocycles. The minimum absolute atomic E-state index is 0.172. The highest BCUT2D eigenvalue weighted by atomic mass is 35.5. The zero-order valence-electron chi connectivity index (χ0n) is 15.7. The Morgan fingerprint density at radius 3 is 2.70 bits per heavy atom. The number of ether oxygens (including phenoxy) is 1. The number of imidazole rings is 1. The van der Waals surface area contributed by atoms with Crippen LogP contribution in [0.1, 0.15) is 27.0 Å². The molecule has 148 valence electrons. The molecule has 0 saturated carbocycles. The minimum Gasteiger partial charge on any atom is -0.478 e. The monoisotopic (exact) mass is 436 g/mol. The fourth-order valence-electron chi connectivity index (χ4n) is 2.86. The molecule has 0 unspecified atom stereocenters. The molecule has 0 saturated heterocycles. The Balaban J connectivity index is 1.64. The van der Waals surface area contributed by atoms with E-state index in [-0.39, 0.29) is 11.6 Å². The number of aromatic nitrogens is 2. The summed E-state index contributed by atoms with van der Waals surface area (Å²) in [6.45, 7) is 1.72. The van der Waals surface area contributed by atoms with Crippen molar-refractivity contribution in [2.24, 2.45) is 0 Å². The molecule has 1 aromatic heterocycles. The van der Waals surface area contributed by atoms with Gasteiger partial charge in [0.15, 0.2) is 0 Å². The van der Waals surface area contributed by atoms with Gasteiger partial charge in [0, 0.05) is 16.1 Å². The molecule has 4 rings (SSSR count). The van der Waals surface area contributed by atoms with Crippen molar-refractivity contribution < 1.29 is 14.6 Å². The highest BCUT2D eigenvalue weighted by Crippen LogP contribution is 2.27. The highest BCUT2D eigenvalue weighted by Gasteiger charge is 2.12. The van der Waals surface area contributed by atoms with Crippen LogP contribution in [-0.4, -0.2) is 21.0 Å². The quantitative estimate of drug-likeness (QED) is 0.382. The molecule has 0 atom stereocenters. The van der Waals surface area contributed by atoms with Crippen molar-refractivity contribution >= 4 is 40.2 Å². The first-order chi connectivity index (χ1) is 14.4. The Morgan fingerprint density at radius 2 is 1.93 bits per heavy atom. The van der Waals surface area contributed by atoms with Crippen LogP contribution in [0.25, 0.3) is 11.0 Å². The number of H-pyrrole nitrogens is 1. The van der Waals surface area contributed by atoms with E-state index in [0.29, 0.717) is 38.0 Å². The molecule has 0 aliphatic rings. The van der Waals surface area contributed by atoms with E-state index in [1.54, 1.807) is 43.3 Å². The van der Waals surface area contributed by atoms with Gasteiger partial charge in [0.25, 0.3) is 6.01 Å². The molecule has 0 amide bonds. The standard InChI is InChI=1S/C23H14Cl2N2O3/c1-13-5-8-17(11-18(13)22(28)29)30-23-26-20-10-15(19(25)12-21(20)27-23)7-6-14-3-2-4-16(24)9-14/h2-5,8-12H,1H3,(H,26,27)(H,28,29). The Labute approximate surface area is 182 Å². The van der Waals surface area contributed by atoms with Gasteiger partial charge < -0.3 is 14.8 Å². The van der Waals surface area contributed by atoms with Crippen molar-refractivity contribution in [3.05, 3.63) is 86.9 Å². The van der Waals surface area contributed by atoms with Gasteiger partial charge in [-0.15, -0.1) is 0 Å². The first-order valence-corrected chi connectivity index (χ1v) is 9.63. The number of hydrogen-bond donors (Lipinski definition) is 2. The fraction of sp³-hybridized carbons (Fsp3) is 0.0435. The lowest BCUT2D eigenvalue weighted by Gasteiger charge is -2.05. The summed E-state index contributed by atoms with van der Waals surface area (Å²) in [7, 11) is 0. The number of nitrogens with one attached hydrogen (secondary N) is 1. The third-order valence-corrected chi connectivity index (χ3v) is 4.92. The van der Waals surface area contributed by atoms with E-state index in [2.05, 4.69) is 21.8 Å². The van der Waals surface area contributed by atoms with Gasteiger partial charge in [-0.05, 0) is 55.0 Å². The summed E-state index contributed by atoms with van der Waals surface area (Å²) in [4.78, 5) is 18.7. The number of carboxylic acids is 1. The molecule has 0 bridgehead atoms. The Morgan fingerprint density at radius 1 is 1.10 bits per heavy atom. The van der Waals surface area contributed by atoms with Crippen LogP contribution in [0.2, 0.25) is 10.0 Å². The van der Waals surface area contributed by atoms with Crippen LogP contribution in [0.5, 0.6) is 11.8 Å². The maximum absolute atomic E-state index is 11.3. The van der Waals surface area contributed by atoms with Crippen LogP contribution in [0.15, 0.2) is 54.6 Å². The normalized spacial score (nSPS) is 10.5. The lowest BCUT2D eigenvalue weighted by molar-refractivity contribution is 0.0695. The number of carbonyl (C=O) groups is 1. The second-order valence-electron chi connectivity index (χ2n) is 6.54. The van der Waals surface area contributed by atoms with Gasteiger partial charge in [0.2, 0.25) is 0 Å². The predicted octanol–water partition coefficient (Wildman–Crippen LogP) is 6.07. The summed E-state index contributed by atoms with van der Waals surface area (Å²) in [5.74, 6) is 5.41. The van der Waals surface area contributed by atoms with Gasteiger partial charge in [-0.2, -0.15) is 4.98 Å². The summed E-state index contributed by atoms with van der Waals surface area (Å²) in [6, 6.07) is 15.8. The Bertz CT molecular complexity index is 1350. The maximum Gasteiger partial charge on any atom is 0.336 e. The lowest BCUT2D eigenvalue weighted by Crippen LogP contribution is -2.00. The Hall–Kier alpha value is -3.46. The molecule has 0 radical (unpaired) electrons. The van der Waals surface area contributed by atoms with Crippen molar-refractivity contribution in [1.29, 1.82) is 0 Å². The van der Waals surface area contributed by atoms with Crippen molar-refractivity contribution in [1.82, 2.24) is 9.97 Å². The largest absolute Gasteiger partial charge is 0.478 e. The number of nitrogens with zero attached hydrogens (tertiary/aromatic N) is 1. The third kappa shape index (κ3) is 4.25. The van der Waals surface area contributed by atoms with Crippen LogP contribution in [0, 0.1) is 18.8 Å². The summed E-state index contributed by atoms with van der Waals surface area (Å²) in [5.41, 5.74) is 3.51. The SMILES string of the molecule is Cc1ccc(Oc2nc3cc(C#Cc4cccc(Cl)c4)c(Cl)cc3[nH]2)cc1C(=O)O. The van der Waals surface area contributed by atoms with Gasteiger partial charge in [-0.3, -0.25) is 0 Å². The summed E-state index contributed by atoms with van der Waals surface area (Å²) in [6.07, 6.45) is 0. The molecule has 30 heavy (non-hydrogen) atoms. The van der Waals surface area contributed by atoms with Gasteiger partial charge in [-0.25, -0.2) is 4.79 Å². The van der Waals surface area contributed by atoms with Crippen LogP contribution in [0.3, 0.4) is 0 Å². The summed E-state index contributed by atoms with van der Waals surface area (Å²) < 4.78 is 5.71. The number of hydrogen-bond acceptors (Lipinski definition) is 3. The van der Waals surface area contributed by atoms with E-state index in [4.69, 9.17) is 27.9 Å². The lowest BCUT2D eigenvalue weighted by atomic mass is 10.1. The second-order valence-corrected chi connectivity index (χ2v) is 7.38. The van der Waals surface area contributed by atoms with E-state index < -0.39 is 5.97 Å². The first kappa shape index (κ1) is 19.8. The van der Waals surface area contributed by atoms with E-state index in [0.717, 1.165) is 5.56 Å². The smallest absolute Gasteiger partial charge is 0.336 e. The van der Waals surface area contributed by atoms with Crippen molar-refractivity contribution in [2.75, 3.05) is 0 Å². The van der Waals surface area contributed by atoms with Gasteiger partial charge in [0.05, 0.1) is 21.6 Å². The molecule has 0 aliphatic heterocycles. The molecule has 7 heteroatoms. The molecular formula is C23H14Cl2N2O3. The number of carboxylic acid groups (broad SMARTS) is 1. The highest BCUT2D eigenvalue weighted by molar-refractivity contribution is 6.32. The van der Waals surface area contributed by atoms with Crippen molar-refractivity contribution in [3.8, 4) is 23.6 Å². The fourth-order valence-corrected chi connectivity index (χ4v) is 3.26. The van der Waals surface area contributed by atoms with Gasteiger partial charge in [-0.1, -0.05) is 47.2 Å². The predicted molar refractivity (Wildman–Crippen MR) is 117 cm³/mol.